The summed E-state index contributed by atoms with van der Waals surface area (Å²) >= 11 is 6.05. The van der Waals surface area contributed by atoms with Gasteiger partial charge in [0.25, 0.3) is 0 Å². The molecule has 0 radical (unpaired) electrons. The van der Waals surface area contributed by atoms with Crippen molar-refractivity contribution in [3.8, 4) is 0 Å². The van der Waals surface area contributed by atoms with Gasteiger partial charge >= 0.3 is 5.69 Å². The second-order valence-electron chi connectivity index (χ2n) is 4.05. The number of alkyl halides is 1. The summed E-state index contributed by atoms with van der Waals surface area (Å²) in [5, 5.41) is -0.0743. The van der Waals surface area contributed by atoms with Crippen molar-refractivity contribution in [1.82, 2.24) is 9.55 Å². The second-order valence-corrected chi connectivity index (χ2v) is 4.61. The number of halogens is 1. The highest BCUT2D eigenvalue weighted by Gasteiger charge is 2.32. The average Bonchev–Trinajstić information content (AvgIpc) is 2.53. The Kier molecular flexibility index (Phi) is 2.90. The largest absolute Gasteiger partial charge is 0.383 e. The van der Waals surface area contributed by atoms with Crippen LogP contribution in [0.4, 0.5) is 5.82 Å². The smallest absolute Gasteiger partial charge is 0.351 e. The lowest BCUT2D eigenvalue weighted by atomic mass is 10.2. The molecule has 0 amide bonds. The zero-order chi connectivity index (χ0) is 11.9. The van der Waals surface area contributed by atoms with Gasteiger partial charge in [-0.05, 0) is 13.8 Å². The van der Waals surface area contributed by atoms with E-state index in [1.807, 2.05) is 6.92 Å². The van der Waals surface area contributed by atoms with E-state index in [4.69, 9.17) is 22.1 Å². The van der Waals surface area contributed by atoms with Crippen LogP contribution in [0.15, 0.2) is 11.0 Å². The van der Waals surface area contributed by atoms with E-state index >= 15 is 0 Å². The zero-order valence-electron chi connectivity index (χ0n) is 9.18. The van der Waals surface area contributed by atoms with Crippen molar-refractivity contribution >= 4 is 17.4 Å². The zero-order valence-corrected chi connectivity index (χ0v) is 9.94. The molecule has 2 heterocycles. The van der Waals surface area contributed by atoms with Crippen LogP contribution in [-0.2, 0) is 4.74 Å². The third kappa shape index (κ3) is 1.92. The highest BCUT2D eigenvalue weighted by atomic mass is 35.5. The summed E-state index contributed by atoms with van der Waals surface area (Å²) in [6.07, 6.45) is 1.87. The number of aromatic nitrogens is 2. The van der Waals surface area contributed by atoms with Gasteiger partial charge in [0.15, 0.2) is 0 Å². The van der Waals surface area contributed by atoms with Crippen LogP contribution in [0.1, 0.15) is 25.1 Å². The molecule has 1 aliphatic rings. The van der Waals surface area contributed by atoms with Crippen molar-refractivity contribution in [1.29, 1.82) is 0 Å². The molecule has 5 nitrogen and oxygen atoms in total. The molecule has 88 valence electrons. The lowest BCUT2D eigenvalue weighted by Crippen LogP contribution is -2.28. The molecule has 1 aromatic rings. The maximum absolute atomic E-state index is 11.6. The van der Waals surface area contributed by atoms with Gasteiger partial charge in [0.05, 0.1) is 11.5 Å². The molecule has 3 atom stereocenters. The number of nitrogens with two attached hydrogens (primary N) is 1. The van der Waals surface area contributed by atoms with Gasteiger partial charge < -0.3 is 10.5 Å². The Morgan fingerprint density at radius 2 is 2.38 bits per heavy atom. The van der Waals surface area contributed by atoms with E-state index in [-0.39, 0.29) is 23.5 Å². The molecule has 0 unspecified atom stereocenters. The Morgan fingerprint density at radius 1 is 1.69 bits per heavy atom. The standard InChI is InChI=1S/C10H14ClN3O2/c1-5-4-14(10(15)13-9(5)12)8-3-7(11)6(2)16-8/h4,6-8H,3H2,1-2H3,(H2,12,13,15)/t6-,7+,8-/m1/s1. The van der Waals surface area contributed by atoms with Gasteiger partial charge in [0.1, 0.15) is 12.0 Å². The molecule has 1 aromatic heterocycles. The molecular weight excluding hydrogens is 230 g/mol. The molecule has 2 N–H and O–H groups in total. The van der Waals surface area contributed by atoms with Gasteiger partial charge in [-0.25, -0.2) is 4.79 Å². The van der Waals surface area contributed by atoms with E-state index < -0.39 is 5.69 Å². The number of hydrogen-bond donors (Lipinski definition) is 1. The Balaban J connectivity index is 2.35. The minimum absolute atomic E-state index is 0.0589. The molecule has 1 fully saturated rings. The first-order valence-electron chi connectivity index (χ1n) is 5.14. The first-order chi connectivity index (χ1) is 7.49. The molecule has 0 aromatic carbocycles. The first-order valence-corrected chi connectivity index (χ1v) is 5.57. The topological polar surface area (TPSA) is 70.1 Å². The molecule has 0 bridgehead atoms. The Hall–Kier alpha value is -1.07. The van der Waals surface area contributed by atoms with Crippen molar-refractivity contribution in [3.63, 3.8) is 0 Å². The van der Waals surface area contributed by atoms with Crippen LogP contribution < -0.4 is 11.4 Å². The highest BCUT2D eigenvalue weighted by Crippen LogP contribution is 2.31. The summed E-state index contributed by atoms with van der Waals surface area (Å²) in [6.45, 7) is 3.69. The molecule has 6 heteroatoms. The molecule has 0 saturated carbocycles. The van der Waals surface area contributed by atoms with E-state index in [0.717, 1.165) is 5.56 Å². The van der Waals surface area contributed by atoms with E-state index in [9.17, 15) is 4.79 Å². The van der Waals surface area contributed by atoms with Crippen LogP contribution in [-0.4, -0.2) is 21.0 Å². The first kappa shape index (κ1) is 11.4. The summed E-state index contributed by atoms with van der Waals surface area (Å²) in [4.78, 5) is 15.4. The molecule has 1 saturated heterocycles. The summed E-state index contributed by atoms with van der Waals surface area (Å²) in [6, 6.07) is 0. The minimum Gasteiger partial charge on any atom is -0.383 e. The van der Waals surface area contributed by atoms with Gasteiger partial charge in [-0.15, -0.1) is 11.6 Å². The predicted molar refractivity (Wildman–Crippen MR) is 61.5 cm³/mol. The maximum atomic E-state index is 11.6. The fourth-order valence-electron chi connectivity index (χ4n) is 1.74. The number of hydrogen-bond acceptors (Lipinski definition) is 4. The van der Waals surface area contributed by atoms with Crippen LogP contribution >= 0.6 is 11.6 Å². The summed E-state index contributed by atoms with van der Waals surface area (Å²) in [5.41, 5.74) is 5.91. The number of anilines is 1. The van der Waals surface area contributed by atoms with Crippen LogP contribution in [0.2, 0.25) is 0 Å². The van der Waals surface area contributed by atoms with E-state index in [2.05, 4.69) is 4.98 Å². The number of ether oxygens (including phenoxy) is 1. The van der Waals surface area contributed by atoms with Crippen molar-refractivity contribution in [2.45, 2.75) is 38.0 Å². The van der Waals surface area contributed by atoms with E-state index in [1.54, 1.807) is 13.1 Å². The molecule has 0 aliphatic carbocycles. The van der Waals surface area contributed by atoms with Crippen LogP contribution in [0.25, 0.3) is 0 Å². The van der Waals surface area contributed by atoms with E-state index in [0.29, 0.717) is 6.42 Å². The number of rotatable bonds is 1. The third-order valence-corrected chi connectivity index (χ3v) is 3.32. The fourth-order valence-corrected chi connectivity index (χ4v) is 1.95. The fraction of sp³-hybridized carbons (Fsp3) is 0.600. The van der Waals surface area contributed by atoms with Crippen molar-refractivity contribution in [3.05, 3.63) is 22.2 Å². The third-order valence-electron chi connectivity index (χ3n) is 2.79. The molecule has 2 rings (SSSR count). The lowest BCUT2D eigenvalue weighted by molar-refractivity contribution is 0.00833. The van der Waals surface area contributed by atoms with Gasteiger partial charge in [0.2, 0.25) is 0 Å². The van der Waals surface area contributed by atoms with E-state index in [1.165, 1.54) is 4.57 Å². The van der Waals surface area contributed by atoms with Gasteiger partial charge in [-0.3, -0.25) is 4.57 Å². The molecule has 1 aliphatic heterocycles. The van der Waals surface area contributed by atoms with Gasteiger partial charge in [0, 0.05) is 18.2 Å². The molecule has 16 heavy (non-hydrogen) atoms. The lowest BCUT2D eigenvalue weighted by Gasteiger charge is -2.14. The van der Waals surface area contributed by atoms with Crippen LogP contribution in [0.5, 0.6) is 0 Å². The average molecular weight is 244 g/mol. The Labute approximate surface area is 98.2 Å². The van der Waals surface area contributed by atoms with Crippen molar-refractivity contribution in [2.75, 3.05) is 5.73 Å². The number of nitrogens with zero attached hydrogens (tertiary/aromatic N) is 2. The summed E-state index contributed by atoms with van der Waals surface area (Å²) < 4.78 is 7.03. The number of nitrogen functional groups attached to an aromatic ring is 1. The predicted octanol–water partition coefficient (Wildman–Crippen LogP) is 1.05. The van der Waals surface area contributed by atoms with Gasteiger partial charge in [-0.1, -0.05) is 0 Å². The highest BCUT2D eigenvalue weighted by molar-refractivity contribution is 6.21. The quantitative estimate of drug-likeness (QED) is 0.749. The summed E-state index contributed by atoms with van der Waals surface area (Å²) in [5.74, 6) is 0.259. The van der Waals surface area contributed by atoms with Crippen molar-refractivity contribution < 1.29 is 4.74 Å². The number of aryl methyl sites for hydroxylation is 1. The molecule has 0 spiro atoms. The normalized spacial score (nSPS) is 29.6. The monoisotopic (exact) mass is 243 g/mol. The van der Waals surface area contributed by atoms with Crippen LogP contribution in [0, 0.1) is 6.92 Å². The van der Waals surface area contributed by atoms with Gasteiger partial charge in [-0.2, -0.15) is 4.98 Å². The van der Waals surface area contributed by atoms with Crippen molar-refractivity contribution in [2.24, 2.45) is 0 Å². The summed E-state index contributed by atoms with van der Waals surface area (Å²) in [7, 11) is 0. The molecular formula is C10H14ClN3O2. The Bertz CT molecular complexity index is 450. The minimum atomic E-state index is -0.397. The van der Waals surface area contributed by atoms with Crippen LogP contribution in [0.3, 0.4) is 0 Å². The second kappa shape index (κ2) is 4.07. The maximum Gasteiger partial charge on any atom is 0.351 e. The Morgan fingerprint density at radius 3 is 2.94 bits per heavy atom. The SMILES string of the molecule is Cc1cn([C@H]2C[C@H](Cl)[C@@H](C)O2)c(=O)nc1N.